The van der Waals surface area contributed by atoms with Crippen molar-refractivity contribution < 1.29 is 4.74 Å². The summed E-state index contributed by atoms with van der Waals surface area (Å²) in [5, 5.41) is 0.571. The van der Waals surface area contributed by atoms with Crippen LogP contribution in [-0.4, -0.2) is 16.6 Å². The van der Waals surface area contributed by atoms with E-state index in [1.54, 1.807) is 0 Å². The fourth-order valence-corrected chi connectivity index (χ4v) is 3.95. The van der Waals surface area contributed by atoms with Gasteiger partial charge in [0.05, 0.1) is 9.26 Å². The van der Waals surface area contributed by atoms with Crippen molar-refractivity contribution in [3.05, 3.63) is 20.2 Å². The zero-order valence-corrected chi connectivity index (χ0v) is 16.0. The minimum atomic E-state index is -0.344. The van der Waals surface area contributed by atoms with Crippen molar-refractivity contribution in [2.24, 2.45) is 5.92 Å². The summed E-state index contributed by atoms with van der Waals surface area (Å²) in [7, 11) is 0. The van der Waals surface area contributed by atoms with Crippen LogP contribution in [0.4, 0.5) is 0 Å². The van der Waals surface area contributed by atoms with E-state index in [1.165, 1.54) is 6.42 Å². The van der Waals surface area contributed by atoms with Crippen LogP contribution in [0.25, 0.3) is 0 Å². The second kappa shape index (κ2) is 7.55. The number of ether oxygens (including phenoxy) is 1. The Morgan fingerprint density at radius 3 is 2.76 bits per heavy atom. The molecule has 1 aromatic heterocycles. The SMILES string of the molecule is CCCc1nc(C2(OCC)CCCC(C)C2)nc(Cl)c1I. The molecule has 1 aliphatic carbocycles. The highest BCUT2D eigenvalue weighted by Gasteiger charge is 2.40. The van der Waals surface area contributed by atoms with Crippen molar-refractivity contribution in [1.82, 2.24) is 9.97 Å². The Hall–Kier alpha value is 0.0600. The summed E-state index contributed by atoms with van der Waals surface area (Å²) in [5.74, 6) is 1.44. The maximum atomic E-state index is 6.36. The predicted octanol–water partition coefficient (Wildman–Crippen LogP) is 5.13. The van der Waals surface area contributed by atoms with Gasteiger partial charge in [-0.3, -0.25) is 0 Å². The lowest BCUT2D eigenvalue weighted by molar-refractivity contribution is -0.0882. The minimum Gasteiger partial charge on any atom is -0.367 e. The Kier molecular flexibility index (Phi) is 6.26. The Morgan fingerprint density at radius 1 is 1.38 bits per heavy atom. The van der Waals surface area contributed by atoms with Crippen LogP contribution in [-0.2, 0) is 16.8 Å². The van der Waals surface area contributed by atoms with Crippen molar-refractivity contribution in [1.29, 1.82) is 0 Å². The topological polar surface area (TPSA) is 35.0 Å². The largest absolute Gasteiger partial charge is 0.367 e. The van der Waals surface area contributed by atoms with Crippen LogP contribution in [0.2, 0.25) is 5.15 Å². The lowest BCUT2D eigenvalue weighted by atomic mass is 9.78. The molecule has 0 radical (unpaired) electrons. The fourth-order valence-electron chi connectivity index (χ4n) is 3.25. The molecular formula is C16H24ClIN2O. The van der Waals surface area contributed by atoms with Crippen LogP contribution >= 0.6 is 34.2 Å². The van der Waals surface area contributed by atoms with Gasteiger partial charge in [0, 0.05) is 6.61 Å². The molecule has 0 saturated heterocycles. The lowest BCUT2D eigenvalue weighted by Crippen LogP contribution is -2.37. The molecule has 1 aliphatic rings. The van der Waals surface area contributed by atoms with Gasteiger partial charge < -0.3 is 4.74 Å². The normalized spacial score (nSPS) is 26.0. The van der Waals surface area contributed by atoms with Gasteiger partial charge in [-0.2, -0.15) is 0 Å². The molecule has 0 aromatic carbocycles. The Balaban J connectivity index is 2.44. The average Bonchev–Trinajstić information content (AvgIpc) is 2.44. The molecule has 2 rings (SSSR count). The zero-order valence-electron chi connectivity index (χ0n) is 13.1. The van der Waals surface area contributed by atoms with Gasteiger partial charge >= 0.3 is 0 Å². The van der Waals surface area contributed by atoms with Gasteiger partial charge in [0.25, 0.3) is 0 Å². The number of nitrogens with zero attached hydrogens (tertiary/aromatic N) is 2. The average molecular weight is 423 g/mol. The summed E-state index contributed by atoms with van der Waals surface area (Å²) in [4.78, 5) is 9.43. The molecule has 3 nitrogen and oxygen atoms in total. The highest BCUT2D eigenvalue weighted by molar-refractivity contribution is 14.1. The van der Waals surface area contributed by atoms with Crippen molar-refractivity contribution in [3.63, 3.8) is 0 Å². The number of halogens is 2. The standard InChI is InChI=1S/C16H24ClIN2O/c1-4-7-12-13(18)14(17)20-15(19-12)16(21-5-2)9-6-8-11(3)10-16/h11H,4-10H2,1-3H3. The van der Waals surface area contributed by atoms with Crippen LogP contribution in [0.5, 0.6) is 0 Å². The second-order valence-corrected chi connectivity index (χ2v) is 7.41. The molecule has 21 heavy (non-hydrogen) atoms. The van der Waals surface area contributed by atoms with E-state index in [4.69, 9.17) is 21.3 Å². The molecule has 0 N–H and O–H groups in total. The Morgan fingerprint density at radius 2 is 2.14 bits per heavy atom. The van der Waals surface area contributed by atoms with Crippen LogP contribution in [0.1, 0.15) is 64.4 Å². The van der Waals surface area contributed by atoms with Gasteiger partial charge in [0.1, 0.15) is 10.8 Å². The highest BCUT2D eigenvalue weighted by atomic mass is 127. The highest BCUT2D eigenvalue weighted by Crippen LogP contribution is 2.42. The first-order valence-electron chi connectivity index (χ1n) is 7.88. The fraction of sp³-hybridized carbons (Fsp3) is 0.750. The molecule has 5 heteroatoms. The molecule has 2 unspecified atom stereocenters. The zero-order chi connectivity index (χ0) is 15.5. The Bertz CT molecular complexity index is 493. The van der Waals surface area contributed by atoms with Crippen molar-refractivity contribution in [3.8, 4) is 0 Å². The van der Waals surface area contributed by atoms with E-state index in [2.05, 4.69) is 41.4 Å². The summed E-state index contributed by atoms with van der Waals surface area (Å²) in [5.41, 5.74) is 0.716. The summed E-state index contributed by atoms with van der Waals surface area (Å²) < 4.78 is 7.15. The summed E-state index contributed by atoms with van der Waals surface area (Å²) in [6, 6.07) is 0. The molecular weight excluding hydrogens is 399 g/mol. The maximum absolute atomic E-state index is 6.36. The quantitative estimate of drug-likeness (QED) is 0.487. The predicted molar refractivity (Wildman–Crippen MR) is 94.7 cm³/mol. The van der Waals surface area contributed by atoms with Gasteiger partial charge in [0.2, 0.25) is 0 Å². The molecule has 1 heterocycles. The molecule has 1 aromatic rings. The molecule has 0 bridgehead atoms. The summed E-state index contributed by atoms with van der Waals surface area (Å²) in [6.07, 6.45) is 6.40. The first-order valence-corrected chi connectivity index (χ1v) is 9.34. The van der Waals surface area contributed by atoms with Crippen molar-refractivity contribution >= 4 is 34.2 Å². The molecule has 1 saturated carbocycles. The number of hydrogen-bond acceptors (Lipinski definition) is 3. The van der Waals surface area contributed by atoms with Gasteiger partial charge in [-0.1, -0.05) is 38.3 Å². The van der Waals surface area contributed by atoms with Gasteiger partial charge in [0.15, 0.2) is 5.82 Å². The van der Waals surface area contributed by atoms with Crippen LogP contribution in [0, 0.1) is 9.49 Å². The first-order chi connectivity index (χ1) is 10.0. The molecule has 118 valence electrons. The molecule has 0 amide bonds. The third-order valence-corrected chi connectivity index (χ3v) is 5.88. The minimum absolute atomic E-state index is 0.344. The molecule has 1 fully saturated rings. The lowest BCUT2D eigenvalue weighted by Gasteiger charge is -2.38. The monoisotopic (exact) mass is 422 g/mol. The van der Waals surface area contributed by atoms with Crippen molar-refractivity contribution in [2.75, 3.05) is 6.61 Å². The third-order valence-electron chi connectivity index (χ3n) is 4.15. The maximum Gasteiger partial charge on any atom is 0.162 e. The van der Waals surface area contributed by atoms with E-state index >= 15 is 0 Å². The number of hydrogen-bond donors (Lipinski definition) is 0. The van der Waals surface area contributed by atoms with Crippen LogP contribution in [0.3, 0.4) is 0 Å². The van der Waals surface area contributed by atoms with Gasteiger partial charge in [-0.15, -0.1) is 0 Å². The summed E-state index contributed by atoms with van der Waals surface area (Å²) >= 11 is 8.61. The van der Waals surface area contributed by atoms with Gasteiger partial charge in [-0.25, -0.2) is 9.97 Å². The first kappa shape index (κ1) is 17.4. The van der Waals surface area contributed by atoms with E-state index in [9.17, 15) is 0 Å². The van der Waals surface area contributed by atoms with Crippen LogP contribution < -0.4 is 0 Å². The number of aryl methyl sites for hydroxylation is 1. The number of aromatic nitrogens is 2. The van der Waals surface area contributed by atoms with E-state index in [-0.39, 0.29) is 5.60 Å². The molecule has 0 spiro atoms. The van der Waals surface area contributed by atoms with E-state index in [0.717, 1.165) is 47.2 Å². The Labute approximate surface area is 146 Å². The van der Waals surface area contributed by atoms with Gasteiger partial charge in [-0.05, 0) is 61.1 Å². The second-order valence-electron chi connectivity index (χ2n) is 5.98. The summed E-state index contributed by atoms with van der Waals surface area (Å²) in [6.45, 7) is 7.17. The third kappa shape index (κ3) is 3.88. The van der Waals surface area contributed by atoms with E-state index in [1.807, 2.05) is 6.92 Å². The van der Waals surface area contributed by atoms with Crippen LogP contribution in [0.15, 0.2) is 0 Å². The van der Waals surface area contributed by atoms with Crippen molar-refractivity contribution in [2.45, 2.75) is 64.9 Å². The number of rotatable bonds is 5. The smallest absolute Gasteiger partial charge is 0.162 e. The van der Waals surface area contributed by atoms with E-state index in [0.29, 0.717) is 17.7 Å². The van der Waals surface area contributed by atoms with E-state index < -0.39 is 0 Å². The molecule has 0 aliphatic heterocycles. The molecule has 2 atom stereocenters.